The van der Waals surface area contributed by atoms with Gasteiger partial charge in [-0.15, -0.1) is 0 Å². The van der Waals surface area contributed by atoms with Gasteiger partial charge in [0, 0.05) is 43.0 Å². The quantitative estimate of drug-likeness (QED) is 0.718. The molecule has 5 heteroatoms. The number of piperazine rings is 1. The van der Waals surface area contributed by atoms with Crippen molar-refractivity contribution in [1.29, 1.82) is 0 Å². The molecule has 0 aromatic carbocycles. The van der Waals surface area contributed by atoms with Gasteiger partial charge < -0.3 is 14.4 Å². The molecule has 1 aliphatic heterocycles. The van der Waals surface area contributed by atoms with Gasteiger partial charge in [0.1, 0.15) is 5.69 Å². The number of amides is 1. The average molecular weight is 333 g/mol. The number of hydrogen-bond donors (Lipinski definition) is 0. The monoisotopic (exact) mass is 333 g/mol. The molecule has 1 aliphatic rings. The third kappa shape index (κ3) is 2.40. The first-order valence-corrected chi connectivity index (χ1v) is 6.45. The van der Waals surface area contributed by atoms with E-state index in [1.807, 2.05) is 28.8 Å². The number of aromatic nitrogens is 1. The number of carbonyl (C=O) groups is 1. The van der Waals surface area contributed by atoms with Crippen molar-refractivity contribution in [2.45, 2.75) is 0 Å². The van der Waals surface area contributed by atoms with Gasteiger partial charge in [0.15, 0.2) is 0 Å². The molecule has 0 aliphatic carbocycles. The Kier molecular flexibility index (Phi) is 3.53. The smallest absolute Gasteiger partial charge is 0.270 e. The molecule has 4 nitrogen and oxygen atoms in total. The maximum atomic E-state index is 12.2. The largest absolute Gasteiger partial charge is 0.346 e. The van der Waals surface area contributed by atoms with Gasteiger partial charge in [-0.3, -0.25) is 4.79 Å². The van der Waals surface area contributed by atoms with Gasteiger partial charge in [0.25, 0.3) is 5.91 Å². The van der Waals surface area contributed by atoms with Gasteiger partial charge in [0.05, 0.1) is 0 Å². The van der Waals surface area contributed by atoms with E-state index in [-0.39, 0.29) is 5.91 Å². The average Bonchev–Trinajstić information content (AvgIpc) is 2.58. The van der Waals surface area contributed by atoms with Gasteiger partial charge in [-0.1, -0.05) is 0 Å². The van der Waals surface area contributed by atoms with Gasteiger partial charge in [0.2, 0.25) is 0 Å². The Hall–Kier alpha value is -0.560. The van der Waals surface area contributed by atoms with Crippen LogP contribution in [0.15, 0.2) is 12.3 Å². The molecule has 88 valence electrons. The standard InChI is InChI=1S/C11H16IN3O/c1-13-3-5-15(6-4-13)11(16)10-7-9(12)8-14(10)2/h7-8H,3-6H2,1-2H3. The fourth-order valence-corrected chi connectivity index (χ4v) is 2.62. The van der Waals surface area contributed by atoms with Crippen LogP contribution in [0.1, 0.15) is 10.5 Å². The lowest BCUT2D eigenvalue weighted by atomic mass is 10.3. The summed E-state index contributed by atoms with van der Waals surface area (Å²) in [6, 6.07) is 1.95. The number of aryl methyl sites for hydroxylation is 1. The van der Waals surface area contributed by atoms with Crippen molar-refractivity contribution >= 4 is 28.5 Å². The highest BCUT2D eigenvalue weighted by molar-refractivity contribution is 14.1. The molecule has 2 rings (SSSR count). The lowest BCUT2D eigenvalue weighted by Gasteiger charge is -2.32. The van der Waals surface area contributed by atoms with Crippen LogP contribution in [0.3, 0.4) is 0 Å². The molecule has 1 amide bonds. The van der Waals surface area contributed by atoms with E-state index in [1.165, 1.54) is 0 Å². The summed E-state index contributed by atoms with van der Waals surface area (Å²) < 4.78 is 3.01. The Morgan fingerprint density at radius 1 is 1.25 bits per heavy atom. The summed E-state index contributed by atoms with van der Waals surface area (Å²) in [5, 5.41) is 0. The molecule has 0 atom stereocenters. The van der Waals surface area contributed by atoms with Crippen molar-refractivity contribution in [3.8, 4) is 0 Å². The molecule has 0 N–H and O–H groups in total. The normalized spacial score (nSPS) is 17.8. The fraction of sp³-hybridized carbons (Fsp3) is 0.545. The van der Waals surface area contributed by atoms with Crippen molar-refractivity contribution in [2.75, 3.05) is 33.2 Å². The van der Waals surface area contributed by atoms with E-state index in [4.69, 9.17) is 0 Å². The molecule has 0 radical (unpaired) electrons. The summed E-state index contributed by atoms with van der Waals surface area (Å²) in [5.74, 6) is 0.151. The molecule has 0 saturated carbocycles. The summed E-state index contributed by atoms with van der Waals surface area (Å²) in [4.78, 5) is 16.4. The number of carbonyl (C=O) groups excluding carboxylic acids is 1. The zero-order valence-corrected chi connectivity index (χ0v) is 11.8. The van der Waals surface area contributed by atoms with Crippen LogP contribution in [0.2, 0.25) is 0 Å². The van der Waals surface area contributed by atoms with E-state index >= 15 is 0 Å². The Morgan fingerprint density at radius 3 is 2.38 bits per heavy atom. The summed E-state index contributed by atoms with van der Waals surface area (Å²) in [6.07, 6.45) is 1.98. The zero-order valence-electron chi connectivity index (χ0n) is 9.61. The van der Waals surface area contributed by atoms with Gasteiger partial charge in [-0.2, -0.15) is 0 Å². The van der Waals surface area contributed by atoms with Crippen molar-refractivity contribution < 1.29 is 4.79 Å². The van der Waals surface area contributed by atoms with Crippen LogP contribution >= 0.6 is 22.6 Å². The van der Waals surface area contributed by atoms with E-state index in [0.29, 0.717) is 0 Å². The minimum Gasteiger partial charge on any atom is -0.346 e. The maximum Gasteiger partial charge on any atom is 0.270 e. The van der Waals surface area contributed by atoms with Gasteiger partial charge in [-0.25, -0.2) is 0 Å². The number of likely N-dealkylation sites (N-methyl/N-ethyl adjacent to an activating group) is 1. The van der Waals surface area contributed by atoms with Gasteiger partial charge in [-0.05, 0) is 35.7 Å². The molecule has 1 saturated heterocycles. The summed E-state index contributed by atoms with van der Waals surface area (Å²) in [7, 11) is 4.01. The number of halogens is 1. The summed E-state index contributed by atoms with van der Waals surface area (Å²) in [5.41, 5.74) is 0.786. The van der Waals surface area contributed by atoms with Crippen molar-refractivity contribution in [1.82, 2.24) is 14.4 Å². The molecule has 0 spiro atoms. The Balaban J connectivity index is 2.10. The Labute approximate surface area is 109 Å². The third-order valence-corrected chi connectivity index (χ3v) is 3.57. The van der Waals surface area contributed by atoms with Crippen molar-refractivity contribution in [2.24, 2.45) is 7.05 Å². The predicted molar refractivity (Wildman–Crippen MR) is 71.5 cm³/mol. The Bertz CT molecular complexity index is 394. The van der Waals surface area contributed by atoms with Crippen LogP contribution in [-0.2, 0) is 7.05 Å². The molecular formula is C11H16IN3O. The van der Waals surface area contributed by atoms with E-state index in [1.54, 1.807) is 0 Å². The maximum absolute atomic E-state index is 12.2. The van der Waals surface area contributed by atoms with Crippen LogP contribution in [0.25, 0.3) is 0 Å². The molecule has 1 fully saturated rings. The number of nitrogens with zero attached hydrogens (tertiary/aromatic N) is 3. The zero-order chi connectivity index (χ0) is 11.7. The molecule has 0 unspecified atom stereocenters. The minimum atomic E-state index is 0.151. The third-order valence-electron chi connectivity index (χ3n) is 2.98. The summed E-state index contributed by atoms with van der Waals surface area (Å²) in [6.45, 7) is 3.59. The second kappa shape index (κ2) is 4.75. The van der Waals surface area contributed by atoms with Crippen LogP contribution in [-0.4, -0.2) is 53.5 Å². The minimum absolute atomic E-state index is 0.151. The van der Waals surface area contributed by atoms with E-state index in [0.717, 1.165) is 35.4 Å². The van der Waals surface area contributed by atoms with Crippen LogP contribution in [0.5, 0.6) is 0 Å². The summed E-state index contributed by atoms with van der Waals surface area (Å²) >= 11 is 2.23. The SMILES string of the molecule is CN1CCN(C(=O)c2cc(I)cn2C)CC1. The van der Waals surface area contributed by atoms with Crippen molar-refractivity contribution in [3.05, 3.63) is 21.5 Å². The molecular weight excluding hydrogens is 317 g/mol. The highest BCUT2D eigenvalue weighted by Gasteiger charge is 2.22. The van der Waals surface area contributed by atoms with Gasteiger partial charge >= 0.3 is 0 Å². The highest BCUT2D eigenvalue weighted by atomic mass is 127. The second-order valence-corrected chi connectivity index (χ2v) is 5.50. The lowest BCUT2D eigenvalue weighted by molar-refractivity contribution is 0.0654. The molecule has 1 aromatic rings. The first-order valence-electron chi connectivity index (χ1n) is 5.37. The first kappa shape index (κ1) is 11.9. The molecule has 2 heterocycles. The van der Waals surface area contributed by atoms with E-state index in [2.05, 4.69) is 34.5 Å². The van der Waals surface area contributed by atoms with Crippen molar-refractivity contribution in [3.63, 3.8) is 0 Å². The van der Waals surface area contributed by atoms with Crippen LogP contribution in [0.4, 0.5) is 0 Å². The molecule has 16 heavy (non-hydrogen) atoms. The highest BCUT2D eigenvalue weighted by Crippen LogP contribution is 2.13. The van der Waals surface area contributed by atoms with Crippen LogP contribution in [0, 0.1) is 3.57 Å². The number of hydrogen-bond acceptors (Lipinski definition) is 2. The lowest BCUT2D eigenvalue weighted by Crippen LogP contribution is -2.47. The second-order valence-electron chi connectivity index (χ2n) is 4.25. The number of rotatable bonds is 1. The molecule has 1 aromatic heterocycles. The molecule has 0 bridgehead atoms. The van der Waals surface area contributed by atoms with E-state index in [9.17, 15) is 4.79 Å². The topological polar surface area (TPSA) is 28.5 Å². The predicted octanol–water partition coefficient (Wildman–Crippen LogP) is 1.02. The van der Waals surface area contributed by atoms with E-state index < -0.39 is 0 Å². The first-order chi connectivity index (χ1) is 7.58. The Morgan fingerprint density at radius 2 is 1.88 bits per heavy atom. The van der Waals surface area contributed by atoms with Crippen LogP contribution < -0.4 is 0 Å². The fourth-order valence-electron chi connectivity index (χ4n) is 1.91.